The summed E-state index contributed by atoms with van der Waals surface area (Å²) in [6, 6.07) is 10.1. The smallest absolute Gasteiger partial charge is 0.275 e. The summed E-state index contributed by atoms with van der Waals surface area (Å²) in [5.74, 6) is -0.304. The van der Waals surface area contributed by atoms with E-state index in [1.54, 1.807) is 42.6 Å². The second kappa shape index (κ2) is 5.55. The maximum absolute atomic E-state index is 11.9. The van der Waals surface area contributed by atoms with E-state index < -0.39 is 0 Å². The third-order valence-corrected chi connectivity index (χ3v) is 2.92. The van der Waals surface area contributed by atoms with Gasteiger partial charge in [0.2, 0.25) is 0 Å². The average Bonchev–Trinajstić information content (AvgIpc) is 2.40. The Hall–Kier alpha value is -2.01. The van der Waals surface area contributed by atoms with Gasteiger partial charge in [0.15, 0.2) is 0 Å². The van der Waals surface area contributed by atoms with Crippen LogP contribution in [-0.4, -0.2) is 17.2 Å². The summed E-state index contributed by atoms with van der Waals surface area (Å²) in [7, 11) is 0. The Labute approximate surface area is 112 Å². The Morgan fingerprint density at radius 1 is 1.22 bits per heavy atom. The Balaban J connectivity index is 2.16. The van der Waals surface area contributed by atoms with Crippen LogP contribution in [0.4, 0.5) is 5.69 Å². The zero-order valence-corrected chi connectivity index (χ0v) is 10.8. The van der Waals surface area contributed by atoms with Crippen LogP contribution in [0.5, 0.6) is 0 Å². The van der Waals surface area contributed by atoms with Gasteiger partial charge in [-0.1, -0.05) is 0 Å². The summed E-state index contributed by atoms with van der Waals surface area (Å²) in [4.78, 5) is 26.4. The van der Waals surface area contributed by atoms with Gasteiger partial charge in [0, 0.05) is 21.9 Å². The molecular formula is C13H9BrN2O2. The van der Waals surface area contributed by atoms with Gasteiger partial charge in [0.1, 0.15) is 12.0 Å². The number of aldehydes is 1. The molecule has 2 aromatic rings. The normalized spacial score (nSPS) is 9.83. The topological polar surface area (TPSA) is 59.1 Å². The average molecular weight is 305 g/mol. The molecule has 18 heavy (non-hydrogen) atoms. The van der Waals surface area contributed by atoms with Crippen LogP contribution < -0.4 is 5.32 Å². The van der Waals surface area contributed by atoms with E-state index in [2.05, 4.69) is 26.2 Å². The van der Waals surface area contributed by atoms with E-state index in [0.717, 1.165) is 6.29 Å². The number of aromatic nitrogens is 1. The molecule has 0 spiro atoms. The highest BCUT2D eigenvalue weighted by molar-refractivity contribution is 9.10. The molecular weight excluding hydrogens is 296 g/mol. The van der Waals surface area contributed by atoms with Crippen LogP contribution in [0.2, 0.25) is 0 Å². The molecule has 4 nitrogen and oxygen atoms in total. The second-order valence-electron chi connectivity index (χ2n) is 3.53. The van der Waals surface area contributed by atoms with Gasteiger partial charge in [-0.2, -0.15) is 0 Å². The van der Waals surface area contributed by atoms with Crippen molar-refractivity contribution >= 4 is 33.8 Å². The molecule has 0 unspecified atom stereocenters. The lowest BCUT2D eigenvalue weighted by molar-refractivity contribution is 0.102. The van der Waals surface area contributed by atoms with Crippen molar-refractivity contribution in [2.24, 2.45) is 0 Å². The minimum atomic E-state index is -0.304. The number of amides is 1. The highest BCUT2D eigenvalue weighted by atomic mass is 79.9. The molecule has 0 radical (unpaired) electrons. The van der Waals surface area contributed by atoms with Gasteiger partial charge in [-0.3, -0.25) is 9.59 Å². The fraction of sp³-hybridized carbons (Fsp3) is 0. The summed E-state index contributed by atoms with van der Waals surface area (Å²) in [6.07, 6.45) is 2.30. The molecule has 0 fully saturated rings. The molecule has 1 aromatic carbocycles. The molecule has 0 atom stereocenters. The summed E-state index contributed by atoms with van der Waals surface area (Å²) >= 11 is 3.26. The van der Waals surface area contributed by atoms with Crippen LogP contribution in [0, 0.1) is 0 Å². The standard InChI is InChI=1S/C13H9BrN2O2/c14-11-2-1-7-15-12(11)13(18)16-10-5-3-9(8-17)4-6-10/h1-8H,(H,16,18). The molecule has 1 N–H and O–H groups in total. The number of hydrogen-bond donors (Lipinski definition) is 1. The largest absolute Gasteiger partial charge is 0.321 e. The van der Waals surface area contributed by atoms with Gasteiger partial charge < -0.3 is 5.32 Å². The molecule has 90 valence electrons. The molecule has 0 aliphatic heterocycles. The predicted molar refractivity (Wildman–Crippen MR) is 71.7 cm³/mol. The van der Waals surface area contributed by atoms with Crippen LogP contribution >= 0.6 is 15.9 Å². The Bertz CT molecular complexity index is 582. The fourth-order valence-electron chi connectivity index (χ4n) is 1.39. The van der Waals surface area contributed by atoms with Gasteiger partial charge in [-0.05, 0) is 52.3 Å². The lowest BCUT2D eigenvalue weighted by Gasteiger charge is -2.05. The van der Waals surface area contributed by atoms with Crippen molar-refractivity contribution in [3.8, 4) is 0 Å². The number of nitrogens with one attached hydrogen (secondary N) is 1. The van der Waals surface area contributed by atoms with E-state index in [1.165, 1.54) is 0 Å². The van der Waals surface area contributed by atoms with Crippen molar-refractivity contribution in [3.63, 3.8) is 0 Å². The van der Waals surface area contributed by atoms with Crippen LogP contribution in [0.1, 0.15) is 20.8 Å². The Kier molecular flexibility index (Phi) is 3.84. The number of carbonyl (C=O) groups is 2. The summed E-state index contributed by atoms with van der Waals surface area (Å²) < 4.78 is 0.631. The monoisotopic (exact) mass is 304 g/mol. The number of rotatable bonds is 3. The summed E-state index contributed by atoms with van der Waals surface area (Å²) in [5, 5.41) is 2.70. The van der Waals surface area contributed by atoms with Crippen molar-refractivity contribution in [2.45, 2.75) is 0 Å². The Morgan fingerprint density at radius 2 is 1.94 bits per heavy atom. The first kappa shape index (κ1) is 12.4. The van der Waals surface area contributed by atoms with E-state index in [-0.39, 0.29) is 5.91 Å². The summed E-state index contributed by atoms with van der Waals surface area (Å²) in [5.41, 5.74) is 1.49. The minimum Gasteiger partial charge on any atom is -0.321 e. The van der Waals surface area contributed by atoms with E-state index in [0.29, 0.717) is 21.4 Å². The maximum Gasteiger partial charge on any atom is 0.275 e. The molecule has 0 aliphatic carbocycles. The number of hydrogen-bond acceptors (Lipinski definition) is 3. The number of halogens is 1. The fourth-order valence-corrected chi connectivity index (χ4v) is 1.82. The number of carbonyl (C=O) groups excluding carboxylic acids is 2. The lowest BCUT2D eigenvalue weighted by atomic mass is 10.2. The second-order valence-corrected chi connectivity index (χ2v) is 4.38. The SMILES string of the molecule is O=Cc1ccc(NC(=O)c2ncccc2Br)cc1. The van der Waals surface area contributed by atoms with Crippen molar-refractivity contribution in [1.29, 1.82) is 0 Å². The molecule has 1 aromatic heterocycles. The molecule has 1 heterocycles. The first-order chi connectivity index (χ1) is 8.70. The van der Waals surface area contributed by atoms with Gasteiger partial charge >= 0.3 is 0 Å². The van der Waals surface area contributed by atoms with Crippen molar-refractivity contribution in [3.05, 3.63) is 58.3 Å². The van der Waals surface area contributed by atoms with E-state index in [4.69, 9.17) is 0 Å². The molecule has 0 aliphatic rings. The minimum absolute atomic E-state index is 0.304. The van der Waals surface area contributed by atoms with E-state index >= 15 is 0 Å². The van der Waals surface area contributed by atoms with Gasteiger partial charge in [-0.15, -0.1) is 0 Å². The maximum atomic E-state index is 11.9. The molecule has 0 saturated carbocycles. The summed E-state index contributed by atoms with van der Waals surface area (Å²) in [6.45, 7) is 0. The molecule has 2 rings (SSSR count). The number of anilines is 1. The first-order valence-electron chi connectivity index (χ1n) is 5.18. The quantitative estimate of drug-likeness (QED) is 0.887. The Morgan fingerprint density at radius 3 is 2.56 bits per heavy atom. The molecule has 5 heteroatoms. The van der Waals surface area contributed by atoms with Crippen molar-refractivity contribution in [1.82, 2.24) is 4.98 Å². The highest BCUT2D eigenvalue weighted by Crippen LogP contribution is 2.15. The molecule has 0 saturated heterocycles. The van der Waals surface area contributed by atoms with Gasteiger partial charge in [-0.25, -0.2) is 4.98 Å². The van der Waals surface area contributed by atoms with Gasteiger partial charge in [0.05, 0.1) is 0 Å². The number of pyridine rings is 1. The zero-order chi connectivity index (χ0) is 13.0. The van der Waals surface area contributed by atoms with Gasteiger partial charge in [0.25, 0.3) is 5.91 Å². The van der Waals surface area contributed by atoms with Crippen LogP contribution in [0.15, 0.2) is 47.1 Å². The molecule has 0 bridgehead atoms. The predicted octanol–water partition coefficient (Wildman–Crippen LogP) is 2.91. The first-order valence-corrected chi connectivity index (χ1v) is 5.97. The number of benzene rings is 1. The van der Waals surface area contributed by atoms with Crippen molar-refractivity contribution in [2.75, 3.05) is 5.32 Å². The lowest BCUT2D eigenvalue weighted by Crippen LogP contribution is -2.14. The van der Waals surface area contributed by atoms with Crippen molar-refractivity contribution < 1.29 is 9.59 Å². The van der Waals surface area contributed by atoms with Crippen LogP contribution in [-0.2, 0) is 0 Å². The van der Waals surface area contributed by atoms with E-state index in [1.807, 2.05) is 0 Å². The highest BCUT2D eigenvalue weighted by Gasteiger charge is 2.10. The third-order valence-electron chi connectivity index (χ3n) is 2.28. The van der Waals surface area contributed by atoms with E-state index in [9.17, 15) is 9.59 Å². The third kappa shape index (κ3) is 2.81. The van der Waals surface area contributed by atoms with Crippen LogP contribution in [0.25, 0.3) is 0 Å². The molecule has 1 amide bonds. The number of nitrogens with zero attached hydrogens (tertiary/aromatic N) is 1. The van der Waals surface area contributed by atoms with Crippen LogP contribution in [0.3, 0.4) is 0 Å². The zero-order valence-electron chi connectivity index (χ0n) is 9.26.